The molecule has 0 atom stereocenters. The first-order valence-electron chi connectivity index (χ1n) is 7.09. The van der Waals surface area contributed by atoms with Gasteiger partial charge in [-0.15, -0.1) is 0 Å². The average molecular weight is 264 g/mol. The summed E-state index contributed by atoms with van der Waals surface area (Å²) in [6.07, 6.45) is 4.08. The molecule has 0 heterocycles. The van der Waals surface area contributed by atoms with Crippen molar-refractivity contribution in [1.29, 1.82) is 0 Å². The lowest BCUT2D eigenvalue weighted by atomic mass is 10.1. The van der Waals surface area contributed by atoms with E-state index in [1.807, 2.05) is 19.1 Å². The summed E-state index contributed by atoms with van der Waals surface area (Å²) in [5, 5.41) is 0. The van der Waals surface area contributed by atoms with Crippen LogP contribution >= 0.6 is 0 Å². The monoisotopic (exact) mass is 264 g/mol. The lowest BCUT2D eigenvalue weighted by Gasteiger charge is -2.10. The van der Waals surface area contributed by atoms with E-state index in [1.54, 1.807) is 6.07 Å². The molecule has 0 radical (unpaired) electrons. The zero-order valence-corrected chi connectivity index (χ0v) is 12.2. The molecule has 0 N–H and O–H groups in total. The highest BCUT2D eigenvalue weighted by molar-refractivity contribution is 5.89. The van der Waals surface area contributed by atoms with Gasteiger partial charge in [-0.2, -0.15) is 0 Å². The van der Waals surface area contributed by atoms with Crippen molar-refractivity contribution in [3.05, 3.63) is 29.3 Å². The largest absolute Gasteiger partial charge is 0.493 e. The van der Waals surface area contributed by atoms with Gasteiger partial charge in [0, 0.05) is 0 Å². The number of unbranched alkanes of at least 4 members (excludes halogenated alkanes) is 2. The van der Waals surface area contributed by atoms with Gasteiger partial charge in [-0.05, 0) is 43.5 Å². The Morgan fingerprint density at radius 2 is 1.79 bits per heavy atom. The Morgan fingerprint density at radius 3 is 2.42 bits per heavy atom. The van der Waals surface area contributed by atoms with Gasteiger partial charge in [0.1, 0.15) is 5.75 Å². The van der Waals surface area contributed by atoms with Crippen LogP contribution in [0.1, 0.15) is 55.5 Å². The Labute approximate surface area is 115 Å². The van der Waals surface area contributed by atoms with Crippen LogP contribution in [0, 0.1) is 6.92 Å². The molecule has 1 rings (SSSR count). The number of rotatable bonds is 8. The van der Waals surface area contributed by atoms with Crippen LogP contribution in [0.15, 0.2) is 18.2 Å². The van der Waals surface area contributed by atoms with E-state index in [4.69, 9.17) is 9.47 Å². The second-order valence-electron chi connectivity index (χ2n) is 4.67. The minimum absolute atomic E-state index is 0.253. The molecular formula is C16H24O3. The van der Waals surface area contributed by atoms with Crippen molar-refractivity contribution in [1.82, 2.24) is 0 Å². The zero-order chi connectivity index (χ0) is 14.1. The zero-order valence-electron chi connectivity index (χ0n) is 12.2. The van der Waals surface area contributed by atoms with Crippen LogP contribution in [0.5, 0.6) is 5.75 Å². The summed E-state index contributed by atoms with van der Waals surface area (Å²) in [5.74, 6) is 0.593. The SMILES string of the molecule is CCCCOC(=O)c1ccc(OCCCC)c(C)c1. The second-order valence-corrected chi connectivity index (χ2v) is 4.67. The van der Waals surface area contributed by atoms with Gasteiger partial charge in [0.2, 0.25) is 0 Å². The second kappa shape index (κ2) is 8.57. The summed E-state index contributed by atoms with van der Waals surface area (Å²) >= 11 is 0. The van der Waals surface area contributed by atoms with Crippen LogP contribution in [0.3, 0.4) is 0 Å². The summed E-state index contributed by atoms with van der Waals surface area (Å²) in [5.41, 5.74) is 1.57. The van der Waals surface area contributed by atoms with Gasteiger partial charge in [-0.1, -0.05) is 26.7 Å². The lowest BCUT2D eigenvalue weighted by Crippen LogP contribution is -2.07. The molecule has 0 bridgehead atoms. The van der Waals surface area contributed by atoms with Gasteiger partial charge in [0.15, 0.2) is 0 Å². The van der Waals surface area contributed by atoms with E-state index in [9.17, 15) is 4.79 Å². The van der Waals surface area contributed by atoms with Gasteiger partial charge in [-0.3, -0.25) is 0 Å². The third-order valence-corrected chi connectivity index (χ3v) is 2.90. The van der Waals surface area contributed by atoms with Crippen LogP contribution in [0.4, 0.5) is 0 Å². The number of hydrogen-bond acceptors (Lipinski definition) is 3. The summed E-state index contributed by atoms with van der Waals surface area (Å²) in [7, 11) is 0. The van der Waals surface area contributed by atoms with Crippen molar-refractivity contribution in [3.8, 4) is 5.75 Å². The van der Waals surface area contributed by atoms with Crippen LogP contribution in [-0.4, -0.2) is 19.2 Å². The number of carbonyl (C=O) groups is 1. The minimum Gasteiger partial charge on any atom is -0.493 e. The average Bonchev–Trinajstić information content (AvgIpc) is 2.41. The van der Waals surface area contributed by atoms with Crippen molar-refractivity contribution in [3.63, 3.8) is 0 Å². The normalized spacial score (nSPS) is 10.3. The fourth-order valence-corrected chi connectivity index (χ4v) is 1.66. The van der Waals surface area contributed by atoms with E-state index >= 15 is 0 Å². The van der Waals surface area contributed by atoms with Gasteiger partial charge >= 0.3 is 5.97 Å². The first-order valence-corrected chi connectivity index (χ1v) is 7.09. The number of aryl methyl sites for hydroxylation is 1. The van der Waals surface area contributed by atoms with E-state index < -0.39 is 0 Å². The molecule has 0 amide bonds. The molecule has 0 saturated carbocycles. The molecule has 3 heteroatoms. The topological polar surface area (TPSA) is 35.5 Å². The lowest BCUT2D eigenvalue weighted by molar-refractivity contribution is 0.0499. The minimum atomic E-state index is -0.253. The molecule has 0 unspecified atom stereocenters. The molecule has 0 saturated heterocycles. The molecule has 0 spiro atoms. The Morgan fingerprint density at radius 1 is 1.11 bits per heavy atom. The smallest absolute Gasteiger partial charge is 0.338 e. The number of benzene rings is 1. The van der Waals surface area contributed by atoms with Crippen LogP contribution in [0.25, 0.3) is 0 Å². The van der Waals surface area contributed by atoms with Gasteiger partial charge < -0.3 is 9.47 Å². The molecule has 0 aromatic heterocycles. The quantitative estimate of drug-likeness (QED) is 0.523. The first kappa shape index (κ1) is 15.5. The van der Waals surface area contributed by atoms with E-state index in [0.29, 0.717) is 12.2 Å². The van der Waals surface area contributed by atoms with Crippen LogP contribution < -0.4 is 4.74 Å². The van der Waals surface area contributed by atoms with Crippen LogP contribution in [-0.2, 0) is 4.74 Å². The number of hydrogen-bond donors (Lipinski definition) is 0. The molecule has 1 aromatic carbocycles. The van der Waals surface area contributed by atoms with E-state index in [-0.39, 0.29) is 5.97 Å². The van der Waals surface area contributed by atoms with Gasteiger partial charge in [-0.25, -0.2) is 4.79 Å². The van der Waals surface area contributed by atoms with E-state index in [0.717, 1.165) is 43.6 Å². The summed E-state index contributed by atoms with van der Waals surface area (Å²) in [6, 6.07) is 5.44. The standard InChI is InChI=1S/C16H24O3/c1-4-6-10-18-15-9-8-14(12-13(15)3)16(17)19-11-7-5-2/h8-9,12H,4-7,10-11H2,1-3H3. The summed E-state index contributed by atoms with van der Waals surface area (Å²) in [4.78, 5) is 11.8. The fourth-order valence-electron chi connectivity index (χ4n) is 1.66. The van der Waals surface area contributed by atoms with Crippen molar-refractivity contribution >= 4 is 5.97 Å². The predicted molar refractivity (Wildman–Crippen MR) is 76.8 cm³/mol. The molecule has 1 aromatic rings. The molecule has 19 heavy (non-hydrogen) atoms. The fraction of sp³-hybridized carbons (Fsp3) is 0.562. The van der Waals surface area contributed by atoms with Crippen molar-refractivity contribution in [2.24, 2.45) is 0 Å². The number of esters is 1. The maximum atomic E-state index is 11.8. The Hall–Kier alpha value is -1.51. The summed E-state index contributed by atoms with van der Waals surface area (Å²) < 4.78 is 10.8. The Kier molecular flexibility index (Phi) is 7.01. The Bertz CT molecular complexity index is 399. The first-order chi connectivity index (χ1) is 9.19. The highest BCUT2D eigenvalue weighted by Crippen LogP contribution is 2.20. The third kappa shape index (κ3) is 5.33. The Balaban J connectivity index is 2.57. The molecule has 3 nitrogen and oxygen atoms in total. The van der Waals surface area contributed by atoms with Crippen molar-refractivity contribution < 1.29 is 14.3 Å². The maximum Gasteiger partial charge on any atom is 0.338 e. The number of carbonyl (C=O) groups excluding carboxylic acids is 1. The number of ether oxygens (including phenoxy) is 2. The third-order valence-electron chi connectivity index (χ3n) is 2.90. The maximum absolute atomic E-state index is 11.8. The molecule has 0 aliphatic carbocycles. The van der Waals surface area contributed by atoms with Gasteiger partial charge in [0.25, 0.3) is 0 Å². The predicted octanol–water partition coefficient (Wildman–Crippen LogP) is 4.13. The van der Waals surface area contributed by atoms with Crippen molar-refractivity contribution in [2.75, 3.05) is 13.2 Å². The molecule has 0 fully saturated rings. The molecule has 0 aliphatic rings. The van der Waals surface area contributed by atoms with Gasteiger partial charge in [0.05, 0.1) is 18.8 Å². The molecular weight excluding hydrogens is 240 g/mol. The molecule has 106 valence electrons. The highest BCUT2D eigenvalue weighted by atomic mass is 16.5. The van der Waals surface area contributed by atoms with E-state index in [1.165, 1.54) is 0 Å². The van der Waals surface area contributed by atoms with Crippen LogP contribution in [0.2, 0.25) is 0 Å². The van der Waals surface area contributed by atoms with Crippen molar-refractivity contribution in [2.45, 2.75) is 46.5 Å². The summed E-state index contributed by atoms with van der Waals surface area (Å²) in [6.45, 7) is 7.36. The van der Waals surface area contributed by atoms with E-state index in [2.05, 4.69) is 13.8 Å². The highest BCUT2D eigenvalue weighted by Gasteiger charge is 2.09. The molecule has 0 aliphatic heterocycles.